The van der Waals surface area contributed by atoms with Gasteiger partial charge in [0.2, 0.25) is 5.76 Å². The molecule has 0 spiro atoms. The number of benzene rings is 1. The summed E-state index contributed by atoms with van der Waals surface area (Å²) in [6, 6.07) is 5.30. The summed E-state index contributed by atoms with van der Waals surface area (Å²) in [7, 11) is 1.49. The molecule has 0 aliphatic carbocycles. The highest BCUT2D eigenvalue weighted by Crippen LogP contribution is 2.39. The van der Waals surface area contributed by atoms with E-state index in [1.807, 2.05) is 0 Å². The van der Waals surface area contributed by atoms with Gasteiger partial charge in [0.1, 0.15) is 12.2 Å². The molecule has 1 amide bonds. The van der Waals surface area contributed by atoms with Crippen LogP contribution in [0.25, 0.3) is 11.0 Å². The van der Waals surface area contributed by atoms with E-state index in [1.54, 1.807) is 18.2 Å². The molecular weight excluding hydrogens is 382 g/mol. The molecule has 1 N–H and O–H groups in total. The van der Waals surface area contributed by atoms with Gasteiger partial charge in [-0.25, -0.2) is 4.79 Å². The number of carboxylic acid groups (broad SMARTS) is 1. The SMILES string of the molecule is COCCN1C(=O)c2oc3cc(Br)ccc3c2OCC1(C)C(=O)O. The van der Waals surface area contributed by atoms with Crippen LogP contribution in [0, 0.1) is 0 Å². The topological polar surface area (TPSA) is 89.2 Å². The summed E-state index contributed by atoms with van der Waals surface area (Å²) < 4.78 is 17.2. The van der Waals surface area contributed by atoms with Gasteiger partial charge in [-0.05, 0) is 25.1 Å². The molecule has 3 rings (SSSR count). The predicted molar refractivity (Wildman–Crippen MR) is 88.4 cm³/mol. The first kappa shape index (κ1) is 16.8. The summed E-state index contributed by atoms with van der Waals surface area (Å²) in [5, 5.41) is 10.3. The third-order valence-corrected chi connectivity index (χ3v) is 4.61. The highest BCUT2D eigenvalue weighted by molar-refractivity contribution is 9.10. The van der Waals surface area contributed by atoms with Crippen LogP contribution in [0.3, 0.4) is 0 Å². The third kappa shape index (κ3) is 2.55. The molecule has 1 atom stereocenters. The summed E-state index contributed by atoms with van der Waals surface area (Å²) in [4.78, 5) is 25.9. The Morgan fingerprint density at radius 1 is 1.50 bits per heavy atom. The van der Waals surface area contributed by atoms with Gasteiger partial charge >= 0.3 is 5.97 Å². The number of carbonyl (C=O) groups is 2. The van der Waals surface area contributed by atoms with Gasteiger partial charge < -0.3 is 23.9 Å². The number of rotatable bonds is 4. The largest absolute Gasteiger partial charge is 0.486 e. The van der Waals surface area contributed by atoms with Crippen molar-refractivity contribution in [1.82, 2.24) is 4.90 Å². The van der Waals surface area contributed by atoms with Gasteiger partial charge in [-0.1, -0.05) is 15.9 Å². The number of halogens is 1. The van der Waals surface area contributed by atoms with E-state index < -0.39 is 17.4 Å². The van der Waals surface area contributed by atoms with Crippen LogP contribution in [0.2, 0.25) is 0 Å². The van der Waals surface area contributed by atoms with Crippen LogP contribution in [0.4, 0.5) is 0 Å². The van der Waals surface area contributed by atoms with Gasteiger partial charge in [-0.2, -0.15) is 0 Å². The molecule has 0 saturated carbocycles. The van der Waals surface area contributed by atoms with E-state index >= 15 is 0 Å². The standard InChI is InChI=1S/C16H16BrNO6/c1-16(15(20)21)8-23-12-10-4-3-9(17)7-11(10)24-13(12)14(19)18(16)5-6-22-2/h3-4,7H,5-6,8H2,1-2H3,(H,20,21). The van der Waals surface area contributed by atoms with E-state index in [2.05, 4.69) is 15.9 Å². The van der Waals surface area contributed by atoms with Crippen LogP contribution in [0.15, 0.2) is 27.1 Å². The van der Waals surface area contributed by atoms with E-state index in [1.165, 1.54) is 18.9 Å². The van der Waals surface area contributed by atoms with E-state index in [0.717, 1.165) is 4.47 Å². The van der Waals surface area contributed by atoms with Crippen LogP contribution in [-0.2, 0) is 9.53 Å². The van der Waals surface area contributed by atoms with Crippen molar-refractivity contribution in [3.8, 4) is 5.75 Å². The maximum Gasteiger partial charge on any atom is 0.332 e. The fourth-order valence-electron chi connectivity index (χ4n) is 2.68. The van der Waals surface area contributed by atoms with Gasteiger partial charge in [0.25, 0.3) is 5.91 Å². The zero-order valence-electron chi connectivity index (χ0n) is 13.2. The molecule has 0 saturated heterocycles. The van der Waals surface area contributed by atoms with E-state index in [0.29, 0.717) is 11.0 Å². The molecule has 0 bridgehead atoms. The average molecular weight is 398 g/mol. The fourth-order valence-corrected chi connectivity index (χ4v) is 3.02. The van der Waals surface area contributed by atoms with Crippen LogP contribution < -0.4 is 4.74 Å². The Bertz CT molecular complexity index is 816. The number of carbonyl (C=O) groups excluding carboxylic acids is 1. The zero-order chi connectivity index (χ0) is 17.5. The minimum atomic E-state index is -1.52. The monoisotopic (exact) mass is 397 g/mol. The van der Waals surface area contributed by atoms with E-state index in [-0.39, 0.29) is 31.3 Å². The Labute approximate surface area is 146 Å². The molecule has 24 heavy (non-hydrogen) atoms. The molecule has 1 aromatic heterocycles. The Balaban J connectivity index is 2.13. The lowest BCUT2D eigenvalue weighted by Gasteiger charge is -2.34. The first-order chi connectivity index (χ1) is 11.4. The number of aliphatic carboxylic acids is 1. The van der Waals surface area contributed by atoms with Crippen molar-refractivity contribution >= 4 is 38.8 Å². The number of methoxy groups -OCH3 is 1. The maximum atomic E-state index is 12.9. The van der Waals surface area contributed by atoms with Crippen molar-refractivity contribution in [2.75, 3.05) is 26.9 Å². The lowest BCUT2D eigenvalue weighted by Crippen LogP contribution is -2.58. The van der Waals surface area contributed by atoms with Crippen molar-refractivity contribution in [1.29, 1.82) is 0 Å². The Hall–Kier alpha value is -2.06. The number of fused-ring (bicyclic) bond motifs is 3. The molecule has 0 fully saturated rings. The lowest BCUT2D eigenvalue weighted by atomic mass is 10.0. The van der Waals surface area contributed by atoms with Crippen LogP contribution in [0.1, 0.15) is 17.5 Å². The molecule has 2 aromatic rings. The lowest BCUT2D eigenvalue weighted by molar-refractivity contribution is -0.150. The summed E-state index contributed by atoms with van der Waals surface area (Å²) in [6.45, 7) is 1.58. The molecule has 2 heterocycles. The molecule has 1 aliphatic rings. The molecule has 1 aromatic carbocycles. The van der Waals surface area contributed by atoms with Crippen molar-refractivity contribution in [3.63, 3.8) is 0 Å². The van der Waals surface area contributed by atoms with Crippen molar-refractivity contribution in [2.24, 2.45) is 0 Å². The number of nitrogens with zero attached hydrogens (tertiary/aromatic N) is 1. The number of furan rings is 1. The average Bonchev–Trinajstić information content (AvgIpc) is 2.85. The second-order valence-electron chi connectivity index (χ2n) is 5.72. The van der Waals surface area contributed by atoms with Gasteiger partial charge in [0.05, 0.1) is 12.0 Å². The Morgan fingerprint density at radius 3 is 2.92 bits per heavy atom. The van der Waals surface area contributed by atoms with E-state index in [4.69, 9.17) is 13.9 Å². The highest BCUT2D eigenvalue weighted by Gasteiger charge is 2.48. The third-order valence-electron chi connectivity index (χ3n) is 4.12. The quantitative estimate of drug-likeness (QED) is 0.852. The van der Waals surface area contributed by atoms with Crippen molar-refractivity contribution in [3.05, 3.63) is 28.4 Å². The zero-order valence-corrected chi connectivity index (χ0v) is 14.8. The summed E-state index contributed by atoms with van der Waals surface area (Å²) >= 11 is 3.35. The molecule has 128 valence electrons. The number of amides is 1. The maximum absolute atomic E-state index is 12.9. The van der Waals surface area contributed by atoms with Crippen LogP contribution in [-0.4, -0.2) is 54.3 Å². The Kier molecular flexibility index (Phi) is 4.27. The van der Waals surface area contributed by atoms with Crippen molar-refractivity contribution in [2.45, 2.75) is 12.5 Å². The second kappa shape index (κ2) is 6.10. The van der Waals surface area contributed by atoms with Crippen molar-refractivity contribution < 1.29 is 28.6 Å². The fraction of sp³-hybridized carbons (Fsp3) is 0.375. The normalized spacial score (nSPS) is 20.6. The first-order valence-corrected chi connectivity index (χ1v) is 8.07. The molecule has 7 nitrogen and oxygen atoms in total. The molecular formula is C16H16BrNO6. The smallest absolute Gasteiger partial charge is 0.332 e. The van der Waals surface area contributed by atoms with Crippen LogP contribution in [0.5, 0.6) is 5.75 Å². The molecule has 8 heteroatoms. The minimum absolute atomic E-state index is 0.00387. The number of hydrogen-bond acceptors (Lipinski definition) is 5. The Morgan fingerprint density at radius 2 is 2.25 bits per heavy atom. The molecule has 0 radical (unpaired) electrons. The van der Waals surface area contributed by atoms with Gasteiger partial charge in [-0.15, -0.1) is 0 Å². The van der Waals surface area contributed by atoms with Gasteiger partial charge in [0, 0.05) is 18.1 Å². The first-order valence-electron chi connectivity index (χ1n) is 7.27. The number of hydrogen-bond donors (Lipinski definition) is 1. The summed E-state index contributed by atoms with van der Waals surface area (Å²) in [5.74, 6) is -1.40. The molecule has 1 unspecified atom stereocenters. The number of ether oxygens (including phenoxy) is 2. The van der Waals surface area contributed by atoms with E-state index in [9.17, 15) is 14.7 Å². The van der Waals surface area contributed by atoms with Gasteiger partial charge in [0.15, 0.2) is 11.3 Å². The minimum Gasteiger partial charge on any atom is -0.486 e. The second-order valence-corrected chi connectivity index (χ2v) is 6.63. The number of carboxylic acids is 1. The summed E-state index contributed by atoms with van der Waals surface area (Å²) in [5.41, 5.74) is -1.02. The van der Waals surface area contributed by atoms with Gasteiger partial charge in [-0.3, -0.25) is 4.79 Å². The predicted octanol–water partition coefficient (Wildman–Crippen LogP) is 2.52. The highest BCUT2D eigenvalue weighted by atomic mass is 79.9. The summed E-state index contributed by atoms with van der Waals surface area (Å²) in [6.07, 6.45) is 0. The van der Waals surface area contributed by atoms with Crippen LogP contribution >= 0.6 is 15.9 Å². The molecule has 1 aliphatic heterocycles.